The smallest absolute Gasteiger partial charge is 0.230 e. The number of thiophene rings is 1. The van der Waals surface area contributed by atoms with E-state index in [1.165, 1.54) is 10.4 Å². The minimum Gasteiger partial charge on any atom is -0.393 e. The molecule has 2 aromatic rings. The number of benzene rings is 1. The Balaban J connectivity index is 1.61. The van der Waals surface area contributed by atoms with Crippen LogP contribution in [0.1, 0.15) is 58.3 Å². The lowest BCUT2D eigenvalue weighted by Crippen LogP contribution is -2.47. The summed E-state index contributed by atoms with van der Waals surface area (Å²) in [6.07, 6.45) is 7.56. The van der Waals surface area contributed by atoms with Gasteiger partial charge in [0.1, 0.15) is 0 Å². The second-order valence-corrected chi connectivity index (χ2v) is 9.59. The zero-order valence-electron chi connectivity index (χ0n) is 16.7. The molecule has 2 atom stereocenters. The Morgan fingerprint density at radius 3 is 2.54 bits per heavy atom. The van der Waals surface area contributed by atoms with Crippen molar-refractivity contribution in [3.8, 4) is 10.4 Å². The SMILES string of the molecule is CC1CCC(C(=O)N(c2csc(-c3ccccc3)c2)C2CCCC(O)C2)CC1. The largest absolute Gasteiger partial charge is 0.393 e. The fourth-order valence-corrected chi connectivity index (χ4v) is 5.69. The molecule has 0 aliphatic heterocycles. The molecule has 1 amide bonds. The zero-order valence-corrected chi connectivity index (χ0v) is 17.5. The van der Waals surface area contributed by atoms with E-state index in [1.54, 1.807) is 11.3 Å². The number of hydrogen-bond acceptors (Lipinski definition) is 3. The summed E-state index contributed by atoms with van der Waals surface area (Å²) in [5, 5.41) is 12.4. The summed E-state index contributed by atoms with van der Waals surface area (Å²) >= 11 is 1.70. The highest BCUT2D eigenvalue weighted by molar-refractivity contribution is 7.14. The molecule has 150 valence electrons. The molecule has 2 unspecified atom stereocenters. The molecule has 2 aliphatic rings. The van der Waals surface area contributed by atoms with Crippen LogP contribution in [-0.2, 0) is 4.79 Å². The van der Waals surface area contributed by atoms with Crippen molar-refractivity contribution < 1.29 is 9.90 Å². The first-order valence-electron chi connectivity index (χ1n) is 10.8. The normalized spacial score (nSPS) is 28.1. The number of carbonyl (C=O) groups excluding carboxylic acids is 1. The van der Waals surface area contributed by atoms with Crippen LogP contribution in [0.3, 0.4) is 0 Å². The number of amides is 1. The minimum absolute atomic E-state index is 0.119. The Labute approximate surface area is 172 Å². The quantitative estimate of drug-likeness (QED) is 0.700. The summed E-state index contributed by atoms with van der Waals surface area (Å²) in [5.41, 5.74) is 2.22. The molecule has 1 aromatic heterocycles. The van der Waals surface area contributed by atoms with Crippen LogP contribution in [0.2, 0.25) is 0 Å². The van der Waals surface area contributed by atoms with Gasteiger partial charge in [-0.3, -0.25) is 4.79 Å². The summed E-state index contributed by atoms with van der Waals surface area (Å²) in [6, 6.07) is 12.7. The lowest BCUT2D eigenvalue weighted by atomic mass is 9.81. The van der Waals surface area contributed by atoms with Gasteiger partial charge in [0.25, 0.3) is 0 Å². The Morgan fingerprint density at radius 1 is 1.07 bits per heavy atom. The fraction of sp³-hybridized carbons (Fsp3) is 0.542. The molecule has 2 saturated carbocycles. The van der Waals surface area contributed by atoms with Gasteiger partial charge in [-0.1, -0.05) is 37.3 Å². The van der Waals surface area contributed by atoms with Crippen LogP contribution in [0, 0.1) is 11.8 Å². The van der Waals surface area contributed by atoms with E-state index in [0.29, 0.717) is 6.42 Å². The standard InChI is InChI=1S/C24H31NO2S/c1-17-10-12-19(13-11-17)24(27)25(20-8-5-9-22(26)14-20)21-15-23(28-16-21)18-6-3-2-4-7-18/h2-4,6-7,15-17,19-20,22,26H,5,8-14H2,1H3. The lowest BCUT2D eigenvalue weighted by Gasteiger charge is -2.38. The van der Waals surface area contributed by atoms with E-state index in [9.17, 15) is 9.90 Å². The minimum atomic E-state index is -0.285. The third-order valence-corrected chi connectivity index (χ3v) is 7.48. The third kappa shape index (κ3) is 4.33. The number of carbonyl (C=O) groups is 1. The maximum absolute atomic E-state index is 13.6. The Kier molecular flexibility index (Phi) is 6.17. The predicted molar refractivity (Wildman–Crippen MR) is 117 cm³/mol. The van der Waals surface area contributed by atoms with Crippen LogP contribution >= 0.6 is 11.3 Å². The van der Waals surface area contributed by atoms with E-state index in [-0.39, 0.29) is 24.0 Å². The van der Waals surface area contributed by atoms with Crippen molar-refractivity contribution in [3.05, 3.63) is 41.8 Å². The Morgan fingerprint density at radius 2 is 1.82 bits per heavy atom. The van der Waals surface area contributed by atoms with E-state index >= 15 is 0 Å². The van der Waals surface area contributed by atoms with Gasteiger partial charge in [-0.25, -0.2) is 0 Å². The molecule has 2 aliphatic carbocycles. The van der Waals surface area contributed by atoms with Crippen molar-refractivity contribution in [2.75, 3.05) is 4.90 Å². The molecule has 2 fully saturated rings. The van der Waals surface area contributed by atoms with Gasteiger partial charge in [0, 0.05) is 22.2 Å². The number of rotatable bonds is 4. The second-order valence-electron chi connectivity index (χ2n) is 8.67. The molecule has 1 aromatic carbocycles. The highest BCUT2D eigenvalue weighted by Crippen LogP contribution is 2.38. The van der Waals surface area contributed by atoms with Crippen molar-refractivity contribution in [1.29, 1.82) is 0 Å². The molecule has 0 bridgehead atoms. The van der Waals surface area contributed by atoms with Gasteiger partial charge < -0.3 is 10.0 Å². The topological polar surface area (TPSA) is 40.5 Å². The summed E-state index contributed by atoms with van der Waals surface area (Å²) < 4.78 is 0. The van der Waals surface area contributed by atoms with E-state index in [4.69, 9.17) is 0 Å². The van der Waals surface area contributed by atoms with Crippen molar-refractivity contribution in [2.24, 2.45) is 11.8 Å². The summed E-state index contributed by atoms with van der Waals surface area (Å²) in [7, 11) is 0. The van der Waals surface area contributed by atoms with Crippen molar-refractivity contribution in [2.45, 2.75) is 70.4 Å². The molecule has 1 N–H and O–H groups in total. The van der Waals surface area contributed by atoms with E-state index < -0.39 is 0 Å². The van der Waals surface area contributed by atoms with Gasteiger partial charge in [0.2, 0.25) is 5.91 Å². The van der Waals surface area contributed by atoms with Crippen LogP contribution in [-0.4, -0.2) is 23.2 Å². The fourth-order valence-electron chi connectivity index (χ4n) is 4.80. The molecular weight excluding hydrogens is 366 g/mol. The molecular formula is C24H31NO2S. The average Bonchev–Trinajstić information content (AvgIpc) is 3.19. The first kappa shape index (κ1) is 19.7. The van der Waals surface area contributed by atoms with Crippen molar-refractivity contribution >= 4 is 22.9 Å². The molecule has 4 rings (SSSR count). The Bertz CT molecular complexity index is 779. The summed E-state index contributed by atoms with van der Waals surface area (Å²) in [4.78, 5) is 16.9. The highest BCUT2D eigenvalue weighted by Gasteiger charge is 2.35. The predicted octanol–water partition coefficient (Wildman–Crippen LogP) is 5.88. The molecule has 4 heteroatoms. The summed E-state index contributed by atoms with van der Waals surface area (Å²) in [6.45, 7) is 2.29. The number of nitrogens with zero attached hydrogens (tertiary/aromatic N) is 1. The third-order valence-electron chi connectivity index (χ3n) is 6.51. The molecule has 0 saturated heterocycles. The van der Waals surface area contributed by atoms with Gasteiger partial charge in [0.15, 0.2) is 0 Å². The second kappa shape index (κ2) is 8.79. The molecule has 0 spiro atoms. The number of anilines is 1. The van der Waals surface area contributed by atoms with Crippen LogP contribution in [0.25, 0.3) is 10.4 Å². The Hall–Kier alpha value is -1.65. The number of aliphatic hydroxyl groups is 1. The lowest BCUT2D eigenvalue weighted by molar-refractivity contribution is -0.124. The monoisotopic (exact) mass is 397 g/mol. The van der Waals surface area contributed by atoms with E-state index in [2.05, 4.69) is 47.5 Å². The van der Waals surface area contributed by atoms with Gasteiger partial charge >= 0.3 is 0 Å². The van der Waals surface area contributed by atoms with Crippen molar-refractivity contribution in [1.82, 2.24) is 0 Å². The molecule has 28 heavy (non-hydrogen) atoms. The maximum Gasteiger partial charge on any atom is 0.230 e. The highest BCUT2D eigenvalue weighted by atomic mass is 32.1. The van der Waals surface area contributed by atoms with E-state index in [0.717, 1.165) is 56.6 Å². The average molecular weight is 398 g/mol. The number of aliphatic hydroxyl groups excluding tert-OH is 1. The first-order valence-corrected chi connectivity index (χ1v) is 11.6. The van der Waals surface area contributed by atoms with Crippen LogP contribution in [0.4, 0.5) is 5.69 Å². The summed E-state index contributed by atoms with van der Waals surface area (Å²) in [5.74, 6) is 1.15. The first-order chi connectivity index (χ1) is 13.6. The van der Waals surface area contributed by atoms with Gasteiger partial charge in [-0.15, -0.1) is 11.3 Å². The molecule has 0 radical (unpaired) electrons. The molecule has 3 nitrogen and oxygen atoms in total. The van der Waals surface area contributed by atoms with Crippen molar-refractivity contribution in [3.63, 3.8) is 0 Å². The van der Waals surface area contributed by atoms with Crippen LogP contribution in [0.15, 0.2) is 41.8 Å². The van der Waals surface area contributed by atoms with E-state index in [1.807, 2.05) is 6.07 Å². The van der Waals surface area contributed by atoms with Gasteiger partial charge in [-0.2, -0.15) is 0 Å². The number of hydrogen-bond donors (Lipinski definition) is 1. The molecule has 1 heterocycles. The van der Waals surface area contributed by atoms with Gasteiger partial charge in [0.05, 0.1) is 11.8 Å². The van der Waals surface area contributed by atoms with Crippen LogP contribution in [0.5, 0.6) is 0 Å². The zero-order chi connectivity index (χ0) is 19.5. The van der Waals surface area contributed by atoms with Crippen LogP contribution < -0.4 is 4.90 Å². The van der Waals surface area contributed by atoms with Gasteiger partial charge in [-0.05, 0) is 68.9 Å². The maximum atomic E-state index is 13.6.